The monoisotopic (exact) mass is 293 g/mol. The largest absolute Gasteiger partial charge is 0.497 e. The number of hydrogen-bond donors (Lipinski definition) is 1. The fourth-order valence-corrected chi connectivity index (χ4v) is 2.46. The van der Waals surface area contributed by atoms with Gasteiger partial charge in [-0.1, -0.05) is 26.0 Å². The van der Waals surface area contributed by atoms with Crippen LogP contribution in [-0.2, 0) is 11.2 Å². The summed E-state index contributed by atoms with van der Waals surface area (Å²) in [5.74, 6) is 2.28. The summed E-state index contributed by atoms with van der Waals surface area (Å²) >= 11 is 0. The Hall–Kier alpha value is -1.06. The maximum Gasteiger partial charge on any atom is 0.118 e. The highest BCUT2D eigenvalue weighted by Gasteiger charge is 2.10. The van der Waals surface area contributed by atoms with E-state index in [1.807, 2.05) is 12.1 Å². The zero-order chi connectivity index (χ0) is 15.5. The molecule has 0 saturated heterocycles. The molecule has 1 unspecified atom stereocenters. The van der Waals surface area contributed by atoms with Gasteiger partial charge >= 0.3 is 0 Å². The van der Waals surface area contributed by atoms with Gasteiger partial charge in [0.15, 0.2) is 0 Å². The molecule has 1 aromatic rings. The van der Waals surface area contributed by atoms with E-state index in [0.29, 0.717) is 11.8 Å². The van der Waals surface area contributed by atoms with Gasteiger partial charge in [0.05, 0.1) is 7.11 Å². The Bertz CT molecular complexity index is 362. The molecule has 3 heteroatoms. The highest BCUT2D eigenvalue weighted by atomic mass is 16.5. The van der Waals surface area contributed by atoms with E-state index >= 15 is 0 Å². The van der Waals surface area contributed by atoms with Gasteiger partial charge in [0, 0.05) is 13.7 Å². The van der Waals surface area contributed by atoms with E-state index in [2.05, 4.69) is 31.3 Å². The molecule has 0 bridgehead atoms. The molecule has 0 aromatic heterocycles. The van der Waals surface area contributed by atoms with Gasteiger partial charge in [-0.15, -0.1) is 0 Å². The van der Waals surface area contributed by atoms with Gasteiger partial charge in [0.1, 0.15) is 5.75 Å². The smallest absolute Gasteiger partial charge is 0.118 e. The van der Waals surface area contributed by atoms with Gasteiger partial charge in [-0.05, 0) is 61.9 Å². The normalized spacial score (nSPS) is 12.6. The van der Waals surface area contributed by atoms with Crippen molar-refractivity contribution < 1.29 is 9.47 Å². The lowest BCUT2D eigenvalue weighted by Gasteiger charge is -2.19. The summed E-state index contributed by atoms with van der Waals surface area (Å²) in [7, 11) is 3.48. The van der Waals surface area contributed by atoms with E-state index < -0.39 is 0 Å². The molecule has 0 fully saturated rings. The van der Waals surface area contributed by atoms with Gasteiger partial charge in [0.2, 0.25) is 0 Å². The molecule has 0 saturated carbocycles. The van der Waals surface area contributed by atoms with Crippen LogP contribution in [0, 0.1) is 11.8 Å². The topological polar surface area (TPSA) is 30.5 Å². The Labute approximate surface area is 130 Å². The van der Waals surface area contributed by atoms with Crippen molar-refractivity contribution in [3.8, 4) is 5.75 Å². The quantitative estimate of drug-likeness (QED) is 0.633. The maximum absolute atomic E-state index is 5.22. The van der Waals surface area contributed by atoms with Crippen LogP contribution in [0.15, 0.2) is 24.3 Å². The van der Waals surface area contributed by atoms with E-state index in [9.17, 15) is 0 Å². The second kappa shape index (κ2) is 10.6. The first-order chi connectivity index (χ1) is 10.2. The first kappa shape index (κ1) is 18.0. The molecular weight excluding hydrogens is 262 g/mol. The molecule has 0 amide bonds. The molecule has 1 rings (SSSR count). The van der Waals surface area contributed by atoms with Crippen LogP contribution in [0.25, 0.3) is 0 Å². The predicted octanol–water partition coefficient (Wildman–Crippen LogP) is 3.53. The average Bonchev–Trinajstić information content (AvgIpc) is 2.47. The first-order valence-corrected chi connectivity index (χ1v) is 7.98. The van der Waals surface area contributed by atoms with Crippen molar-refractivity contribution in [3.63, 3.8) is 0 Å². The van der Waals surface area contributed by atoms with Crippen molar-refractivity contribution in [2.75, 3.05) is 33.9 Å². The highest BCUT2D eigenvalue weighted by Crippen LogP contribution is 2.17. The first-order valence-electron chi connectivity index (χ1n) is 7.98. The SMILES string of the molecule is COCCCC(CNCC(C)C)Cc1ccc(OC)cc1. The summed E-state index contributed by atoms with van der Waals surface area (Å²) in [5.41, 5.74) is 1.38. The number of rotatable bonds is 11. The Morgan fingerprint density at radius 3 is 2.33 bits per heavy atom. The third-order valence-electron chi connectivity index (χ3n) is 3.63. The van der Waals surface area contributed by atoms with Crippen LogP contribution in [0.5, 0.6) is 5.75 Å². The van der Waals surface area contributed by atoms with Gasteiger partial charge in [0.25, 0.3) is 0 Å². The van der Waals surface area contributed by atoms with Crippen molar-refractivity contribution in [3.05, 3.63) is 29.8 Å². The van der Waals surface area contributed by atoms with Crippen molar-refractivity contribution >= 4 is 0 Å². The molecule has 0 aliphatic carbocycles. The average molecular weight is 293 g/mol. The van der Waals surface area contributed by atoms with Crippen LogP contribution in [0.4, 0.5) is 0 Å². The Morgan fingerprint density at radius 1 is 1.05 bits per heavy atom. The second-order valence-electron chi connectivity index (χ2n) is 6.11. The summed E-state index contributed by atoms with van der Waals surface area (Å²) in [6.45, 7) is 7.51. The molecule has 1 atom stereocenters. The van der Waals surface area contributed by atoms with Crippen LogP contribution < -0.4 is 10.1 Å². The van der Waals surface area contributed by atoms with Crippen molar-refractivity contribution in [1.29, 1.82) is 0 Å². The standard InChI is InChI=1S/C18H31NO2/c1-15(2)13-19-14-17(6-5-11-20-3)12-16-7-9-18(21-4)10-8-16/h7-10,15,17,19H,5-6,11-14H2,1-4H3. The van der Waals surface area contributed by atoms with Crippen LogP contribution >= 0.6 is 0 Å². The summed E-state index contributed by atoms with van der Waals surface area (Å²) in [5, 5.41) is 3.59. The van der Waals surface area contributed by atoms with Crippen molar-refractivity contribution in [2.45, 2.75) is 33.1 Å². The molecule has 0 spiro atoms. The molecule has 0 aliphatic heterocycles. The number of ether oxygens (including phenoxy) is 2. The highest BCUT2D eigenvalue weighted by molar-refractivity contribution is 5.27. The lowest BCUT2D eigenvalue weighted by molar-refractivity contribution is 0.186. The molecule has 0 aliphatic rings. The van der Waals surface area contributed by atoms with Crippen LogP contribution in [0.1, 0.15) is 32.3 Å². The van der Waals surface area contributed by atoms with E-state index in [1.165, 1.54) is 12.0 Å². The van der Waals surface area contributed by atoms with E-state index in [4.69, 9.17) is 9.47 Å². The summed E-state index contributed by atoms with van der Waals surface area (Å²) in [4.78, 5) is 0. The minimum absolute atomic E-state index is 0.660. The molecule has 3 nitrogen and oxygen atoms in total. The van der Waals surface area contributed by atoms with Crippen LogP contribution in [0.2, 0.25) is 0 Å². The zero-order valence-electron chi connectivity index (χ0n) is 14.0. The number of methoxy groups -OCH3 is 2. The van der Waals surface area contributed by atoms with Gasteiger partial charge in [-0.3, -0.25) is 0 Å². The summed E-state index contributed by atoms with van der Waals surface area (Å²) in [6.07, 6.45) is 3.43. The number of nitrogens with one attached hydrogen (secondary N) is 1. The molecule has 0 heterocycles. The molecule has 1 N–H and O–H groups in total. The van der Waals surface area contributed by atoms with Gasteiger partial charge in [-0.25, -0.2) is 0 Å². The minimum Gasteiger partial charge on any atom is -0.497 e. The number of hydrogen-bond acceptors (Lipinski definition) is 3. The van der Waals surface area contributed by atoms with Crippen LogP contribution in [0.3, 0.4) is 0 Å². The van der Waals surface area contributed by atoms with Gasteiger partial charge < -0.3 is 14.8 Å². The van der Waals surface area contributed by atoms with Crippen molar-refractivity contribution in [1.82, 2.24) is 5.32 Å². The molecule has 0 radical (unpaired) electrons. The van der Waals surface area contributed by atoms with E-state index in [-0.39, 0.29) is 0 Å². The van der Waals surface area contributed by atoms with Gasteiger partial charge in [-0.2, -0.15) is 0 Å². The Kier molecular flexibility index (Phi) is 9.11. The molecule has 21 heavy (non-hydrogen) atoms. The van der Waals surface area contributed by atoms with E-state index in [1.54, 1.807) is 14.2 Å². The lowest BCUT2D eigenvalue weighted by atomic mass is 9.94. The Morgan fingerprint density at radius 2 is 1.76 bits per heavy atom. The summed E-state index contributed by atoms with van der Waals surface area (Å²) < 4.78 is 10.4. The minimum atomic E-state index is 0.660. The zero-order valence-corrected chi connectivity index (χ0v) is 14.0. The third-order valence-corrected chi connectivity index (χ3v) is 3.63. The van der Waals surface area contributed by atoms with E-state index in [0.717, 1.165) is 38.3 Å². The second-order valence-corrected chi connectivity index (χ2v) is 6.11. The Balaban J connectivity index is 2.48. The maximum atomic E-state index is 5.22. The third kappa shape index (κ3) is 8.08. The lowest BCUT2D eigenvalue weighted by Crippen LogP contribution is -2.27. The fraction of sp³-hybridized carbons (Fsp3) is 0.667. The van der Waals surface area contributed by atoms with Crippen LogP contribution in [-0.4, -0.2) is 33.9 Å². The van der Waals surface area contributed by atoms with Crippen molar-refractivity contribution in [2.24, 2.45) is 11.8 Å². The predicted molar refractivity (Wildman–Crippen MR) is 89.0 cm³/mol. The fourth-order valence-electron chi connectivity index (χ4n) is 2.46. The molecule has 120 valence electrons. The molecule has 1 aromatic carbocycles. The molecular formula is C18H31NO2. The number of benzene rings is 1. The summed E-state index contributed by atoms with van der Waals surface area (Å²) in [6, 6.07) is 8.43.